The van der Waals surface area contributed by atoms with Crippen molar-refractivity contribution >= 4 is 38.2 Å². The van der Waals surface area contributed by atoms with Crippen LogP contribution < -0.4 is 5.32 Å². The Balaban J connectivity index is 2.30. The SMILES string of the molecule is C[C@@H](Br)C(=O)Nc1sc2c(c1C#N)CC[C@@H](C(C)(C)C)C2. The summed E-state index contributed by atoms with van der Waals surface area (Å²) in [4.78, 5) is 12.9. The van der Waals surface area contributed by atoms with Crippen LogP contribution >= 0.6 is 27.3 Å². The molecule has 0 radical (unpaired) electrons. The molecule has 1 amide bonds. The van der Waals surface area contributed by atoms with E-state index in [9.17, 15) is 10.1 Å². The van der Waals surface area contributed by atoms with E-state index in [2.05, 4.69) is 48.1 Å². The number of carbonyl (C=O) groups is 1. The first-order chi connectivity index (χ1) is 9.74. The Hall–Kier alpha value is -0.860. The molecule has 1 aliphatic carbocycles. The first-order valence-electron chi connectivity index (χ1n) is 7.23. The number of halogens is 1. The zero-order valence-electron chi connectivity index (χ0n) is 12.9. The van der Waals surface area contributed by atoms with Gasteiger partial charge in [-0.05, 0) is 43.1 Å². The van der Waals surface area contributed by atoms with E-state index >= 15 is 0 Å². The zero-order chi connectivity index (χ0) is 15.8. The van der Waals surface area contributed by atoms with Gasteiger partial charge in [-0.3, -0.25) is 4.79 Å². The summed E-state index contributed by atoms with van der Waals surface area (Å²) in [6.45, 7) is 8.61. The summed E-state index contributed by atoms with van der Waals surface area (Å²) in [6.07, 6.45) is 3.07. The number of thiophene rings is 1. The second-order valence-corrected chi connectivity index (χ2v) is 9.21. The second-order valence-electron chi connectivity index (χ2n) is 6.73. The maximum atomic E-state index is 11.9. The standard InChI is InChI=1S/C16H21BrN2OS/c1-9(17)14(20)19-15-12(8-18)11-6-5-10(16(2,3)4)7-13(11)21-15/h9-10H,5-7H2,1-4H3,(H,19,20)/t9-,10-/m1/s1. The van der Waals surface area contributed by atoms with Gasteiger partial charge in [0, 0.05) is 4.88 Å². The predicted octanol–water partition coefficient (Wildman–Crippen LogP) is 4.49. The monoisotopic (exact) mass is 368 g/mol. The van der Waals surface area contributed by atoms with E-state index < -0.39 is 0 Å². The maximum Gasteiger partial charge on any atom is 0.238 e. The Morgan fingerprint density at radius 1 is 1.52 bits per heavy atom. The van der Waals surface area contributed by atoms with Crippen LogP contribution in [0.15, 0.2) is 0 Å². The molecule has 1 heterocycles. The van der Waals surface area contributed by atoms with E-state index in [0.29, 0.717) is 16.5 Å². The van der Waals surface area contributed by atoms with Crippen molar-refractivity contribution in [3.8, 4) is 6.07 Å². The summed E-state index contributed by atoms with van der Waals surface area (Å²) in [5.74, 6) is 0.534. The molecule has 0 saturated carbocycles. The molecule has 1 aliphatic rings. The molecule has 1 N–H and O–H groups in total. The summed E-state index contributed by atoms with van der Waals surface area (Å²) < 4.78 is 0. The summed E-state index contributed by atoms with van der Waals surface area (Å²) in [7, 11) is 0. The summed E-state index contributed by atoms with van der Waals surface area (Å²) in [6, 6.07) is 2.28. The highest BCUT2D eigenvalue weighted by Crippen LogP contribution is 2.44. The topological polar surface area (TPSA) is 52.9 Å². The molecule has 114 valence electrons. The molecule has 1 aromatic rings. The molecule has 0 unspecified atom stereocenters. The van der Waals surface area contributed by atoms with E-state index in [1.54, 1.807) is 18.3 Å². The Bertz CT molecular complexity index is 593. The third kappa shape index (κ3) is 3.49. The second kappa shape index (κ2) is 6.10. The summed E-state index contributed by atoms with van der Waals surface area (Å²) in [5.41, 5.74) is 2.10. The van der Waals surface area contributed by atoms with Crippen LogP contribution in [0.3, 0.4) is 0 Å². The average Bonchev–Trinajstić information content (AvgIpc) is 2.73. The van der Waals surface area contributed by atoms with E-state index in [-0.39, 0.29) is 16.1 Å². The van der Waals surface area contributed by atoms with Crippen LogP contribution in [-0.4, -0.2) is 10.7 Å². The van der Waals surface area contributed by atoms with E-state index in [0.717, 1.165) is 24.8 Å². The lowest BCUT2D eigenvalue weighted by Crippen LogP contribution is -2.26. The number of rotatable bonds is 2. The number of amides is 1. The van der Waals surface area contributed by atoms with Gasteiger partial charge in [-0.1, -0.05) is 36.7 Å². The van der Waals surface area contributed by atoms with Crippen LogP contribution in [0.4, 0.5) is 5.00 Å². The van der Waals surface area contributed by atoms with Crippen molar-refractivity contribution in [2.45, 2.75) is 51.8 Å². The minimum absolute atomic E-state index is 0.0996. The van der Waals surface area contributed by atoms with E-state index in [1.165, 1.54) is 4.88 Å². The smallest absolute Gasteiger partial charge is 0.238 e. The van der Waals surface area contributed by atoms with Crippen molar-refractivity contribution in [1.82, 2.24) is 0 Å². The number of alkyl halides is 1. The molecular formula is C16H21BrN2OS. The molecule has 0 fully saturated rings. The highest BCUT2D eigenvalue weighted by Gasteiger charge is 2.32. The Labute approximate surface area is 138 Å². The molecular weight excluding hydrogens is 348 g/mol. The van der Waals surface area contributed by atoms with Crippen LogP contribution in [0.25, 0.3) is 0 Å². The number of nitrogens with one attached hydrogen (secondary N) is 1. The van der Waals surface area contributed by atoms with Gasteiger partial charge in [0.2, 0.25) is 5.91 Å². The number of fused-ring (bicyclic) bond motifs is 1. The van der Waals surface area contributed by atoms with Crippen molar-refractivity contribution < 1.29 is 4.79 Å². The van der Waals surface area contributed by atoms with E-state index in [4.69, 9.17) is 0 Å². The van der Waals surface area contributed by atoms with Crippen molar-refractivity contribution in [2.24, 2.45) is 11.3 Å². The minimum atomic E-state index is -0.259. The van der Waals surface area contributed by atoms with Crippen molar-refractivity contribution in [2.75, 3.05) is 5.32 Å². The lowest BCUT2D eigenvalue weighted by atomic mass is 9.72. The van der Waals surface area contributed by atoms with Crippen LogP contribution in [-0.2, 0) is 17.6 Å². The average molecular weight is 369 g/mol. The predicted molar refractivity (Wildman–Crippen MR) is 91.0 cm³/mol. The van der Waals surface area contributed by atoms with Crippen LogP contribution in [0.1, 0.15) is 50.1 Å². The minimum Gasteiger partial charge on any atom is -0.316 e. The zero-order valence-corrected chi connectivity index (χ0v) is 15.3. The number of nitriles is 1. The number of nitrogens with zero attached hydrogens (tertiary/aromatic N) is 1. The number of carbonyl (C=O) groups excluding carboxylic acids is 1. The molecule has 0 bridgehead atoms. The quantitative estimate of drug-likeness (QED) is 0.781. The van der Waals surface area contributed by atoms with Gasteiger partial charge in [0.25, 0.3) is 0 Å². The molecule has 21 heavy (non-hydrogen) atoms. The highest BCUT2D eigenvalue weighted by molar-refractivity contribution is 9.10. The van der Waals surface area contributed by atoms with Crippen LogP contribution in [0, 0.1) is 22.7 Å². The molecule has 5 heteroatoms. The van der Waals surface area contributed by atoms with Gasteiger partial charge in [0.05, 0.1) is 10.4 Å². The number of hydrogen-bond acceptors (Lipinski definition) is 3. The molecule has 0 aliphatic heterocycles. The fourth-order valence-electron chi connectivity index (χ4n) is 2.74. The normalized spacial score (nSPS) is 19.5. The van der Waals surface area contributed by atoms with Gasteiger partial charge in [0.1, 0.15) is 11.1 Å². The summed E-state index contributed by atoms with van der Waals surface area (Å²) >= 11 is 4.84. The van der Waals surface area contributed by atoms with Gasteiger partial charge in [-0.25, -0.2) is 0 Å². The Kier molecular flexibility index (Phi) is 4.79. The molecule has 0 saturated heterocycles. The lowest BCUT2D eigenvalue weighted by Gasteiger charge is -2.33. The Morgan fingerprint density at radius 3 is 2.71 bits per heavy atom. The molecule has 2 atom stereocenters. The fraction of sp³-hybridized carbons (Fsp3) is 0.625. The maximum absolute atomic E-state index is 11.9. The summed E-state index contributed by atoms with van der Waals surface area (Å²) in [5, 5.41) is 13.0. The largest absolute Gasteiger partial charge is 0.316 e. The van der Waals surface area contributed by atoms with Crippen LogP contribution in [0.2, 0.25) is 0 Å². The van der Waals surface area contributed by atoms with Gasteiger partial charge in [-0.2, -0.15) is 5.26 Å². The Morgan fingerprint density at radius 2 is 2.19 bits per heavy atom. The number of hydrogen-bond donors (Lipinski definition) is 1. The molecule has 1 aromatic heterocycles. The van der Waals surface area contributed by atoms with Crippen molar-refractivity contribution in [3.63, 3.8) is 0 Å². The van der Waals surface area contributed by atoms with Gasteiger partial charge < -0.3 is 5.32 Å². The van der Waals surface area contributed by atoms with Crippen molar-refractivity contribution in [3.05, 3.63) is 16.0 Å². The van der Waals surface area contributed by atoms with Gasteiger partial charge >= 0.3 is 0 Å². The first kappa shape index (κ1) is 16.5. The lowest BCUT2D eigenvalue weighted by molar-refractivity contribution is -0.115. The third-order valence-electron chi connectivity index (χ3n) is 4.20. The third-order valence-corrected chi connectivity index (χ3v) is 5.79. The molecule has 0 spiro atoms. The fourth-order valence-corrected chi connectivity index (χ4v) is 4.14. The highest BCUT2D eigenvalue weighted by atomic mass is 79.9. The van der Waals surface area contributed by atoms with Gasteiger partial charge in [-0.15, -0.1) is 11.3 Å². The van der Waals surface area contributed by atoms with Gasteiger partial charge in [0.15, 0.2) is 0 Å². The molecule has 0 aromatic carbocycles. The number of anilines is 1. The van der Waals surface area contributed by atoms with Crippen molar-refractivity contribution in [1.29, 1.82) is 5.26 Å². The van der Waals surface area contributed by atoms with E-state index in [1.807, 2.05) is 0 Å². The first-order valence-corrected chi connectivity index (χ1v) is 8.96. The molecule has 2 rings (SSSR count). The molecule has 3 nitrogen and oxygen atoms in total. The van der Waals surface area contributed by atoms with Crippen LogP contribution in [0.5, 0.6) is 0 Å².